The third kappa shape index (κ3) is 4.56. The molecular weight excluding hydrogens is 372 g/mol. The quantitative estimate of drug-likeness (QED) is 0.736. The molecule has 2 aliphatic heterocycles. The second-order valence-electron chi connectivity index (χ2n) is 7.10. The first-order valence-corrected chi connectivity index (χ1v) is 9.61. The van der Waals surface area contributed by atoms with Gasteiger partial charge in [-0.25, -0.2) is 0 Å². The molecule has 0 spiro atoms. The number of carbonyl (C=O) groups excluding carboxylic acids is 1. The highest BCUT2D eigenvalue weighted by atomic mass is 16.7. The summed E-state index contributed by atoms with van der Waals surface area (Å²) in [5.41, 5.74) is 0.857. The first kappa shape index (κ1) is 19.0. The maximum absolute atomic E-state index is 12.2. The number of rotatable bonds is 6. The van der Waals surface area contributed by atoms with E-state index in [9.17, 15) is 4.79 Å². The molecule has 2 aliphatic rings. The van der Waals surface area contributed by atoms with Gasteiger partial charge in [0.15, 0.2) is 17.3 Å². The molecule has 9 heteroatoms. The van der Waals surface area contributed by atoms with Crippen molar-refractivity contribution in [3.63, 3.8) is 0 Å². The van der Waals surface area contributed by atoms with Crippen LogP contribution in [0.5, 0.6) is 11.5 Å². The molecule has 9 nitrogen and oxygen atoms in total. The van der Waals surface area contributed by atoms with Crippen LogP contribution in [0, 0.1) is 0 Å². The van der Waals surface area contributed by atoms with Crippen molar-refractivity contribution in [2.75, 3.05) is 43.8 Å². The van der Waals surface area contributed by atoms with E-state index >= 15 is 0 Å². The maximum atomic E-state index is 12.2. The van der Waals surface area contributed by atoms with Crippen LogP contribution in [0.25, 0.3) is 6.08 Å². The van der Waals surface area contributed by atoms with E-state index in [2.05, 4.69) is 25.2 Å². The summed E-state index contributed by atoms with van der Waals surface area (Å²) >= 11 is 0. The molecule has 0 aliphatic carbocycles. The molecule has 1 aromatic carbocycles. The van der Waals surface area contributed by atoms with Crippen LogP contribution in [0.4, 0.5) is 11.9 Å². The molecule has 3 heterocycles. The molecule has 152 valence electrons. The second-order valence-corrected chi connectivity index (χ2v) is 7.10. The predicted octanol–water partition coefficient (Wildman–Crippen LogP) is 1.60. The Morgan fingerprint density at radius 1 is 1.17 bits per heavy atom. The lowest BCUT2D eigenvalue weighted by Gasteiger charge is -2.18. The topological polar surface area (TPSA) is 92.7 Å². The summed E-state index contributed by atoms with van der Waals surface area (Å²) < 4.78 is 10.6. The van der Waals surface area contributed by atoms with Gasteiger partial charge in [0.25, 0.3) is 0 Å². The monoisotopic (exact) mass is 396 g/mol. The molecular formula is C20H24N6O3. The van der Waals surface area contributed by atoms with E-state index in [4.69, 9.17) is 9.47 Å². The lowest BCUT2D eigenvalue weighted by molar-refractivity contribution is -0.116. The van der Waals surface area contributed by atoms with Gasteiger partial charge >= 0.3 is 0 Å². The number of nitrogens with zero attached hydrogens (tertiary/aromatic N) is 5. The van der Waals surface area contributed by atoms with Gasteiger partial charge in [-0.1, -0.05) is 6.07 Å². The van der Waals surface area contributed by atoms with E-state index in [0.717, 1.165) is 31.5 Å². The van der Waals surface area contributed by atoms with Crippen LogP contribution in [-0.2, 0) is 11.3 Å². The van der Waals surface area contributed by atoms with Crippen LogP contribution in [0.15, 0.2) is 24.3 Å². The number of carbonyl (C=O) groups is 1. The van der Waals surface area contributed by atoms with Crippen LogP contribution >= 0.6 is 0 Å². The van der Waals surface area contributed by atoms with Crippen LogP contribution in [-0.4, -0.2) is 54.8 Å². The first-order chi connectivity index (χ1) is 14.1. The van der Waals surface area contributed by atoms with Crippen molar-refractivity contribution in [2.24, 2.45) is 0 Å². The normalized spacial score (nSPS) is 15.2. The van der Waals surface area contributed by atoms with Gasteiger partial charge in [0.2, 0.25) is 24.6 Å². The first-order valence-electron chi connectivity index (χ1n) is 9.61. The van der Waals surface area contributed by atoms with Gasteiger partial charge in [0, 0.05) is 33.3 Å². The van der Waals surface area contributed by atoms with Gasteiger partial charge < -0.3 is 24.6 Å². The molecule has 1 aromatic heterocycles. The third-order valence-corrected chi connectivity index (χ3v) is 4.69. The SMILES string of the molecule is CN(C)c1nc(CNC(=O)/C=C/c2ccc3c(c2)OCO3)nc(N2CCCC2)n1. The van der Waals surface area contributed by atoms with Gasteiger partial charge in [-0.15, -0.1) is 0 Å². The summed E-state index contributed by atoms with van der Waals surface area (Å²) in [6, 6.07) is 5.53. The molecule has 1 saturated heterocycles. The fraction of sp³-hybridized carbons (Fsp3) is 0.400. The van der Waals surface area contributed by atoms with Crippen molar-refractivity contribution in [2.45, 2.75) is 19.4 Å². The third-order valence-electron chi connectivity index (χ3n) is 4.69. The molecule has 1 fully saturated rings. The Kier molecular flexibility index (Phi) is 5.46. The molecule has 4 rings (SSSR count). The summed E-state index contributed by atoms with van der Waals surface area (Å²) in [6.45, 7) is 2.35. The molecule has 0 bridgehead atoms. The van der Waals surface area contributed by atoms with Gasteiger partial charge in [0.1, 0.15) is 0 Å². The minimum Gasteiger partial charge on any atom is -0.454 e. The van der Waals surface area contributed by atoms with E-state index in [1.807, 2.05) is 37.2 Å². The van der Waals surface area contributed by atoms with Crippen molar-refractivity contribution in [3.8, 4) is 11.5 Å². The molecule has 1 N–H and O–H groups in total. The largest absolute Gasteiger partial charge is 0.454 e. The van der Waals surface area contributed by atoms with Gasteiger partial charge in [-0.2, -0.15) is 15.0 Å². The van der Waals surface area contributed by atoms with Crippen LogP contribution in [0.2, 0.25) is 0 Å². The minimum atomic E-state index is -0.225. The number of hydrogen-bond donors (Lipinski definition) is 1. The fourth-order valence-corrected chi connectivity index (χ4v) is 3.15. The van der Waals surface area contributed by atoms with Crippen LogP contribution < -0.4 is 24.6 Å². The fourth-order valence-electron chi connectivity index (χ4n) is 3.15. The summed E-state index contributed by atoms with van der Waals surface area (Å²) in [5, 5.41) is 2.83. The zero-order valence-corrected chi connectivity index (χ0v) is 16.6. The average molecular weight is 396 g/mol. The zero-order valence-electron chi connectivity index (χ0n) is 16.6. The van der Waals surface area contributed by atoms with Gasteiger partial charge in [-0.05, 0) is 36.6 Å². The molecule has 1 amide bonds. The lowest BCUT2D eigenvalue weighted by atomic mass is 10.2. The second kappa shape index (κ2) is 8.34. The summed E-state index contributed by atoms with van der Waals surface area (Å²) in [4.78, 5) is 29.7. The molecule has 0 unspecified atom stereocenters. The summed E-state index contributed by atoms with van der Waals surface area (Å²) in [6.07, 6.45) is 5.48. The van der Waals surface area contributed by atoms with Crippen molar-refractivity contribution in [3.05, 3.63) is 35.7 Å². The van der Waals surface area contributed by atoms with E-state index in [-0.39, 0.29) is 19.2 Å². The molecule has 29 heavy (non-hydrogen) atoms. The molecule has 0 atom stereocenters. The average Bonchev–Trinajstić information content (AvgIpc) is 3.41. The standard InChI is InChI=1S/C20H24N6O3/c1-25(2)19-22-17(23-20(24-19)26-9-3-4-10-26)12-21-18(27)8-6-14-5-7-15-16(11-14)29-13-28-15/h5-8,11H,3-4,9-10,12-13H2,1-2H3,(H,21,27)/b8-6+. The number of ether oxygens (including phenoxy) is 2. The smallest absolute Gasteiger partial charge is 0.244 e. The Bertz CT molecular complexity index is 924. The number of anilines is 2. The predicted molar refractivity (Wildman–Crippen MR) is 109 cm³/mol. The van der Waals surface area contributed by atoms with E-state index in [1.54, 1.807) is 6.08 Å². The van der Waals surface area contributed by atoms with Crippen molar-refractivity contribution >= 4 is 23.9 Å². The highest BCUT2D eigenvalue weighted by Gasteiger charge is 2.18. The summed E-state index contributed by atoms with van der Waals surface area (Å²) in [7, 11) is 3.78. The Hall–Kier alpha value is -3.36. The number of nitrogens with one attached hydrogen (secondary N) is 1. The van der Waals surface area contributed by atoms with E-state index in [1.165, 1.54) is 6.08 Å². The Labute approximate surface area is 169 Å². The van der Waals surface area contributed by atoms with Crippen molar-refractivity contribution < 1.29 is 14.3 Å². The number of hydrogen-bond acceptors (Lipinski definition) is 8. The number of amides is 1. The zero-order chi connectivity index (χ0) is 20.2. The number of benzene rings is 1. The lowest BCUT2D eigenvalue weighted by Crippen LogP contribution is -2.26. The van der Waals surface area contributed by atoms with Crippen LogP contribution in [0.1, 0.15) is 24.2 Å². The van der Waals surface area contributed by atoms with Gasteiger partial charge in [0.05, 0.1) is 6.54 Å². The van der Waals surface area contributed by atoms with E-state index < -0.39 is 0 Å². The molecule has 2 aromatic rings. The Balaban J connectivity index is 1.40. The van der Waals surface area contributed by atoms with Crippen LogP contribution in [0.3, 0.4) is 0 Å². The summed E-state index contributed by atoms with van der Waals surface area (Å²) in [5.74, 6) is 2.96. The van der Waals surface area contributed by atoms with E-state index in [0.29, 0.717) is 29.2 Å². The Morgan fingerprint density at radius 3 is 2.76 bits per heavy atom. The number of fused-ring (bicyclic) bond motifs is 1. The van der Waals surface area contributed by atoms with Crippen molar-refractivity contribution in [1.82, 2.24) is 20.3 Å². The van der Waals surface area contributed by atoms with Gasteiger partial charge in [-0.3, -0.25) is 4.79 Å². The molecule has 0 saturated carbocycles. The maximum Gasteiger partial charge on any atom is 0.244 e. The number of aromatic nitrogens is 3. The highest BCUT2D eigenvalue weighted by Crippen LogP contribution is 2.32. The molecule has 0 radical (unpaired) electrons. The Morgan fingerprint density at radius 2 is 1.97 bits per heavy atom. The highest BCUT2D eigenvalue weighted by molar-refractivity contribution is 5.91. The van der Waals surface area contributed by atoms with Crippen molar-refractivity contribution in [1.29, 1.82) is 0 Å². The minimum absolute atomic E-state index is 0.225.